The standard InChI is InChI=1S/C11H12BrNO2S/c12-10-5-1-4-9-8(3-2-6-13)7-16(14,15)11(9)10/h1,4-5,7H,2-3,6,13H2. The van der Waals surface area contributed by atoms with E-state index in [-0.39, 0.29) is 0 Å². The highest BCUT2D eigenvalue weighted by atomic mass is 79.9. The Morgan fingerprint density at radius 1 is 1.31 bits per heavy atom. The normalized spacial score (nSPS) is 17.0. The average Bonchev–Trinajstić information content (AvgIpc) is 2.49. The van der Waals surface area contributed by atoms with Gasteiger partial charge in [-0.2, -0.15) is 0 Å². The van der Waals surface area contributed by atoms with E-state index in [9.17, 15) is 8.42 Å². The van der Waals surface area contributed by atoms with Gasteiger partial charge in [0, 0.05) is 9.88 Å². The van der Waals surface area contributed by atoms with Gasteiger partial charge in [0.25, 0.3) is 0 Å². The van der Waals surface area contributed by atoms with Crippen molar-refractivity contribution >= 4 is 31.3 Å². The number of nitrogens with two attached hydrogens (primary N) is 1. The molecule has 16 heavy (non-hydrogen) atoms. The van der Waals surface area contributed by atoms with E-state index in [1.54, 1.807) is 6.07 Å². The van der Waals surface area contributed by atoms with Crippen LogP contribution in [-0.4, -0.2) is 15.0 Å². The molecule has 1 aromatic carbocycles. The Balaban J connectivity index is 2.52. The molecule has 0 aliphatic carbocycles. The van der Waals surface area contributed by atoms with Crippen LogP contribution < -0.4 is 5.73 Å². The molecule has 1 aromatic rings. The maximum atomic E-state index is 11.9. The van der Waals surface area contributed by atoms with Crippen molar-refractivity contribution in [1.29, 1.82) is 0 Å². The number of rotatable bonds is 3. The summed E-state index contributed by atoms with van der Waals surface area (Å²) in [5.41, 5.74) is 7.11. The Bertz CT molecular complexity index is 549. The molecule has 5 heteroatoms. The number of fused-ring (bicyclic) bond motifs is 1. The largest absolute Gasteiger partial charge is 0.330 e. The summed E-state index contributed by atoms with van der Waals surface area (Å²) in [5, 5.41) is 1.36. The second-order valence-corrected chi connectivity index (χ2v) is 6.29. The van der Waals surface area contributed by atoms with Crippen LogP contribution in [0.4, 0.5) is 0 Å². The van der Waals surface area contributed by atoms with Gasteiger partial charge in [-0.1, -0.05) is 12.1 Å². The summed E-state index contributed by atoms with van der Waals surface area (Å²) in [4.78, 5) is 0.391. The summed E-state index contributed by atoms with van der Waals surface area (Å²) < 4.78 is 24.4. The van der Waals surface area contributed by atoms with Crippen molar-refractivity contribution in [1.82, 2.24) is 0 Å². The molecule has 0 atom stereocenters. The van der Waals surface area contributed by atoms with Gasteiger partial charge in [-0.15, -0.1) is 0 Å². The summed E-state index contributed by atoms with van der Waals surface area (Å²) in [6.45, 7) is 0.570. The quantitative estimate of drug-likeness (QED) is 0.932. The van der Waals surface area contributed by atoms with Crippen LogP contribution in [0.1, 0.15) is 18.4 Å². The molecule has 2 rings (SSSR count). The molecule has 0 unspecified atom stereocenters. The second-order valence-electron chi connectivity index (χ2n) is 3.70. The van der Waals surface area contributed by atoms with E-state index in [0.717, 1.165) is 17.6 Å². The summed E-state index contributed by atoms with van der Waals surface area (Å²) in [6.07, 6.45) is 1.51. The molecule has 3 nitrogen and oxygen atoms in total. The molecular weight excluding hydrogens is 290 g/mol. The third-order valence-electron chi connectivity index (χ3n) is 2.55. The molecule has 0 saturated heterocycles. The topological polar surface area (TPSA) is 60.2 Å². The first-order valence-corrected chi connectivity index (χ1v) is 7.35. The van der Waals surface area contributed by atoms with Crippen molar-refractivity contribution in [3.05, 3.63) is 33.6 Å². The molecular formula is C11H12BrNO2S. The minimum Gasteiger partial charge on any atom is -0.330 e. The SMILES string of the molecule is NCCCC1=CS(=O)(=O)c2c(Br)cccc21. The van der Waals surface area contributed by atoms with Crippen LogP contribution in [0, 0.1) is 0 Å². The lowest BCUT2D eigenvalue weighted by molar-refractivity contribution is 0.605. The first-order valence-electron chi connectivity index (χ1n) is 5.01. The van der Waals surface area contributed by atoms with E-state index < -0.39 is 9.84 Å². The Labute approximate surface area is 103 Å². The molecule has 1 aliphatic heterocycles. The van der Waals surface area contributed by atoms with Crippen molar-refractivity contribution in [3.63, 3.8) is 0 Å². The van der Waals surface area contributed by atoms with Gasteiger partial charge in [0.05, 0.1) is 4.90 Å². The van der Waals surface area contributed by atoms with Crippen LogP contribution in [0.15, 0.2) is 33.0 Å². The molecule has 1 aliphatic rings. The van der Waals surface area contributed by atoms with Crippen LogP contribution in [0.25, 0.3) is 5.57 Å². The fourth-order valence-corrected chi connectivity index (χ4v) is 4.47. The number of sulfone groups is 1. The predicted octanol–water partition coefficient (Wildman–Crippen LogP) is 2.32. The molecule has 0 bridgehead atoms. The van der Waals surface area contributed by atoms with Gasteiger partial charge in [-0.25, -0.2) is 8.42 Å². The lowest BCUT2D eigenvalue weighted by Gasteiger charge is -2.04. The van der Waals surface area contributed by atoms with Gasteiger partial charge in [-0.3, -0.25) is 0 Å². The van der Waals surface area contributed by atoms with E-state index in [1.807, 2.05) is 12.1 Å². The molecule has 0 saturated carbocycles. The average molecular weight is 302 g/mol. The van der Waals surface area contributed by atoms with Crippen LogP contribution in [0.2, 0.25) is 0 Å². The zero-order chi connectivity index (χ0) is 11.8. The van der Waals surface area contributed by atoms with Gasteiger partial charge in [0.2, 0.25) is 9.84 Å². The van der Waals surface area contributed by atoms with E-state index >= 15 is 0 Å². The zero-order valence-electron chi connectivity index (χ0n) is 8.61. The highest BCUT2D eigenvalue weighted by Crippen LogP contribution is 2.39. The van der Waals surface area contributed by atoms with Crippen LogP contribution in [0.5, 0.6) is 0 Å². The number of allylic oxidation sites excluding steroid dienone is 1. The maximum Gasteiger partial charge on any atom is 0.201 e. The van der Waals surface area contributed by atoms with Crippen LogP contribution in [-0.2, 0) is 9.84 Å². The van der Waals surface area contributed by atoms with Gasteiger partial charge in [-0.05, 0) is 52.5 Å². The molecule has 0 fully saturated rings. The van der Waals surface area contributed by atoms with Crippen molar-refractivity contribution in [2.24, 2.45) is 5.73 Å². The van der Waals surface area contributed by atoms with E-state index in [4.69, 9.17) is 5.73 Å². The summed E-state index contributed by atoms with van der Waals surface area (Å²) in [7, 11) is -3.27. The number of hydrogen-bond donors (Lipinski definition) is 1. The Morgan fingerprint density at radius 2 is 2.06 bits per heavy atom. The Hall–Kier alpha value is -0.650. The van der Waals surface area contributed by atoms with Gasteiger partial charge in [0.1, 0.15) is 0 Å². The summed E-state index contributed by atoms with van der Waals surface area (Å²) in [6, 6.07) is 5.43. The lowest BCUT2D eigenvalue weighted by Crippen LogP contribution is -1.98. The van der Waals surface area contributed by atoms with E-state index in [2.05, 4.69) is 15.9 Å². The minimum absolute atomic E-state index is 0.391. The zero-order valence-corrected chi connectivity index (χ0v) is 11.0. The van der Waals surface area contributed by atoms with Gasteiger partial charge < -0.3 is 5.73 Å². The first-order chi connectivity index (χ1) is 7.56. The molecule has 0 aromatic heterocycles. The van der Waals surface area contributed by atoms with E-state index in [1.165, 1.54) is 5.41 Å². The Kier molecular flexibility index (Phi) is 3.19. The van der Waals surface area contributed by atoms with Gasteiger partial charge >= 0.3 is 0 Å². The highest BCUT2D eigenvalue weighted by molar-refractivity contribution is 9.10. The van der Waals surface area contributed by atoms with Crippen molar-refractivity contribution in [2.75, 3.05) is 6.54 Å². The monoisotopic (exact) mass is 301 g/mol. The van der Waals surface area contributed by atoms with Crippen molar-refractivity contribution in [2.45, 2.75) is 17.7 Å². The molecule has 2 N–H and O–H groups in total. The summed E-state index contributed by atoms with van der Waals surface area (Å²) >= 11 is 3.28. The molecule has 86 valence electrons. The van der Waals surface area contributed by atoms with Crippen LogP contribution >= 0.6 is 15.9 Å². The Morgan fingerprint density at radius 3 is 2.75 bits per heavy atom. The number of benzene rings is 1. The third-order valence-corrected chi connectivity index (χ3v) is 5.07. The first kappa shape index (κ1) is 11.8. The smallest absolute Gasteiger partial charge is 0.201 e. The predicted molar refractivity (Wildman–Crippen MR) is 67.6 cm³/mol. The molecule has 0 amide bonds. The van der Waals surface area contributed by atoms with E-state index in [0.29, 0.717) is 22.3 Å². The lowest BCUT2D eigenvalue weighted by atomic mass is 10.0. The fourth-order valence-electron chi connectivity index (χ4n) is 1.85. The number of halogens is 1. The van der Waals surface area contributed by atoms with Crippen molar-refractivity contribution < 1.29 is 8.42 Å². The number of hydrogen-bond acceptors (Lipinski definition) is 3. The maximum absolute atomic E-state index is 11.9. The molecule has 0 radical (unpaired) electrons. The molecule has 0 spiro atoms. The minimum atomic E-state index is -3.27. The summed E-state index contributed by atoms with van der Waals surface area (Å²) in [5.74, 6) is 0. The second kappa shape index (κ2) is 4.31. The fraction of sp³-hybridized carbons (Fsp3) is 0.273. The van der Waals surface area contributed by atoms with Crippen molar-refractivity contribution in [3.8, 4) is 0 Å². The highest BCUT2D eigenvalue weighted by Gasteiger charge is 2.28. The third kappa shape index (κ3) is 1.95. The van der Waals surface area contributed by atoms with Gasteiger partial charge in [0.15, 0.2) is 0 Å². The van der Waals surface area contributed by atoms with Crippen LogP contribution in [0.3, 0.4) is 0 Å². The molecule has 1 heterocycles.